The van der Waals surface area contributed by atoms with Crippen molar-refractivity contribution in [3.8, 4) is 0 Å². The average Bonchev–Trinajstić information content (AvgIpc) is 2.84. The molecular formula is C9H16N4. The van der Waals surface area contributed by atoms with Crippen LogP contribution in [0.4, 0.5) is 0 Å². The van der Waals surface area contributed by atoms with Crippen LogP contribution in [0.25, 0.3) is 0 Å². The van der Waals surface area contributed by atoms with Gasteiger partial charge in [0.2, 0.25) is 0 Å². The van der Waals surface area contributed by atoms with E-state index in [1.165, 1.54) is 12.8 Å². The van der Waals surface area contributed by atoms with Gasteiger partial charge in [0.1, 0.15) is 12.2 Å². The minimum atomic E-state index is 0.852. The number of aryl methyl sites for hydroxylation is 1. The van der Waals surface area contributed by atoms with Gasteiger partial charge in [0, 0.05) is 6.54 Å². The monoisotopic (exact) mass is 180 g/mol. The van der Waals surface area contributed by atoms with Crippen LogP contribution in [0.3, 0.4) is 0 Å². The quantitative estimate of drug-likeness (QED) is 0.728. The van der Waals surface area contributed by atoms with E-state index in [-0.39, 0.29) is 0 Å². The standard InChI is InChI=1S/C9H16N4/c1-2-13-9(11-7-12-13)6-10-5-8-3-4-8/h7-8,10H,2-6H2,1H3. The first-order valence-corrected chi connectivity index (χ1v) is 4.97. The molecule has 1 aromatic rings. The van der Waals surface area contributed by atoms with E-state index in [1.807, 2.05) is 4.68 Å². The average molecular weight is 180 g/mol. The maximum Gasteiger partial charge on any atom is 0.140 e. The molecule has 0 saturated heterocycles. The number of hydrogen-bond acceptors (Lipinski definition) is 3. The maximum atomic E-state index is 4.19. The smallest absolute Gasteiger partial charge is 0.140 e. The van der Waals surface area contributed by atoms with Crippen molar-refractivity contribution in [2.45, 2.75) is 32.9 Å². The molecule has 1 fully saturated rings. The first-order valence-electron chi connectivity index (χ1n) is 4.97. The zero-order valence-corrected chi connectivity index (χ0v) is 8.03. The molecule has 4 nitrogen and oxygen atoms in total. The number of nitrogens with one attached hydrogen (secondary N) is 1. The maximum absolute atomic E-state index is 4.19. The lowest BCUT2D eigenvalue weighted by Crippen LogP contribution is -2.19. The number of hydrogen-bond donors (Lipinski definition) is 1. The molecule has 0 aliphatic heterocycles. The summed E-state index contributed by atoms with van der Waals surface area (Å²) < 4.78 is 1.93. The molecule has 2 rings (SSSR count). The number of rotatable bonds is 5. The minimum Gasteiger partial charge on any atom is -0.310 e. The number of nitrogens with zero attached hydrogens (tertiary/aromatic N) is 3. The Balaban J connectivity index is 1.78. The lowest BCUT2D eigenvalue weighted by molar-refractivity contribution is 0.559. The molecule has 0 unspecified atom stereocenters. The summed E-state index contributed by atoms with van der Waals surface area (Å²) in [5.41, 5.74) is 0. The first-order chi connectivity index (χ1) is 6.40. The Bertz CT molecular complexity index is 264. The lowest BCUT2D eigenvalue weighted by atomic mass is 10.4. The number of aromatic nitrogens is 3. The summed E-state index contributed by atoms with van der Waals surface area (Å²) >= 11 is 0. The third kappa shape index (κ3) is 2.28. The van der Waals surface area contributed by atoms with Crippen LogP contribution in [-0.2, 0) is 13.1 Å². The highest BCUT2D eigenvalue weighted by Gasteiger charge is 2.20. The fourth-order valence-corrected chi connectivity index (χ4v) is 1.40. The van der Waals surface area contributed by atoms with E-state index in [0.717, 1.165) is 31.4 Å². The Morgan fingerprint density at radius 2 is 2.46 bits per heavy atom. The zero-order valence-electron chi connectivity index (χ0n) is 8.03. The molecule has 0 aromatic carbocycles. The molecule has 0 bridgehead atoms. The van der Waals surface area contributed by atoms with E-state index in [4.69, 9.17) is 0 Å². The summed E-state index contributed by atoms with van der Waals surface area (Å²) in [6.45, 7) is 4.97. The second-order valence-electron chi connectivity index (χ2n) is 3.57. The molecule has 0 radical (unpaired) electrons. The molecule has 1 heterocycles. The Labute approximate surface area is 78.4 Å². The Morgan fingerprint density at radius 1 is 1.62 bits per heavy atom. The van der Waals surface area contributed by atoms with Gasteiger partial charge in [-0.2, -0.15) is 5.10 Å². The molecule has 0 atom stereocenters. The van der Waals surface area contributed by atoms with E-state index < -0.39 is 0 Å². The summed E-state index contributed by atoms with van der Waals surface area (Å²) in [7, 11) is 0. The van der Waals surface area contributed by atoms with Crippen molar-refractivity contribution in [1.29, 1.82) is 0 Å². The Kier molecular flexibility index (Phi) is 2.59. The predicted octanol–water partition coefficient (Wildman–Crippen LogP) is 0.798. The van der Waals surface area contributed by atoms with Crippen molar-refractivity contribution in [2.75, 3.05) is 6.54 Å². The molecule has 1 aliphatic rings. The molecule has 13 heavy (non-hydrogen) atoms. The third-order valence-electron chi connectivity index (χ3n) is 2.41. The van der Waals surface area contributed by atoms with Crippen LogP contribution >= 0.6 is 0 Å². The topological polar surface area (TPSA) is 42.7 Å². The van der Waals surface area contributed by atoms with E-state index in [9.17, 15) is 0 Å². The highest BCUT2D eigenvalue weighted by Crippen LogP contribution is 2.27. The lowest BCUT2D eigenvalue weighted by Gasteiger charge is -2.03. The summed E-state index contributed by atoms with van der Waals surface area (Å²) in [4.78, 5) is 4.19. The van der Waals surface area contributed by atoms with Gasteiger partial charge in [0.25, 0.3) is 0 Å². The molecule has 0 spiro atoms. The molecule has 0 amide bonds. The Hall–Kier alpha value is -0.900. The minimum absolute atomic E-state index is 0.852. The van der Waals surface area contributed by atoms with Crippen LogP contribution in [0, 0.1) is 5.92 Å². The van der Waals surface area contributed by atoms with Crippen LogP contribution < -0.4 is 5.32 Å². The van der Waals surface area contributed by atoms with Crippen LogP contribution in [0.1, 0.15) is 25.6 Å². The first kappa shape index (κ1) is 8.69. The largest absolute Gasteiger partial charge is 0.310 e. The van der Waals surface area contributed by atoms with E-state index >= 15 is 0 Å². The van der Waals surface area contributed by atoms with Crippen LogP contribution in [0.5, 0.6) is 0 Å². The van der Waals surface area contributed by atoms with E-state index in [0.29, 0.717) is 0 Å². The fraction of sp³-hybridized carbons (Fsp3) is 0.778. The second-order valence-corrected chi connectivity index (χ2v) is 3.57. The molecule has 1 saturated carbocycles. The van der Waals surface area contributed by atoms with Gasteiger partial charge in [-0.3, -0.25) is 0 Å². The van der Waals surface area contributed by atoms with Gasteiger partial charge in [0.15, 0.2) is 0 Å². The highest BCUT2D eigenvalue weighted by molar-refractivity contribution is 4.84. The Morgan fingerprint density at radius 3 is 3.15 bits per heavy atom. The van der Waals surface area contributed by atoms with Crippen molar-refractivity contribution >= 4 is 0 Å². The van der Waals surface area contributed by atoms with Gasteiger partial charge in [-0.1, -0.05) is 0 Å². The molecule has 1 aromatic heterocycles. The van der Waals surface area contributed by atoms with Gasteiger partial charge in [-0.25, -0.2) is 9.67 Å². The fourth-order valence-electron chi connectivity index (χ4n) is 1.40. The van der Waals surface area contributed by atoms with Gasteiger partial charge in [-0.05, 0) is 32.2 Å². The summed E-state index contributed by atoms with van der Waals surface area (Å²) in [6, 6.07) is 0. The highest BCUT2D eigenvalue weighted by atomic mass is 15.3. The molecule has 72 valence electrons. The normalized spacial score (nSPS) is 16.4. The van der Waals surface area contributed by atoms with Crippen molar-refractivity contribution < 1.29 is 0 Å². The van der Waals surface area contributed by atoms with Gasteiger partial charge in [-0.15, -0.1) is 0 Å². The molecule has 1 aliphatic carbocycles. The van der Waals surface area contributed by atoms with Gasteiger partial charge in [0.05, 0.1) is 6.54 Å². The zero-order chi connectivity index (χ0) is 9.10. The predicted molar refractivity (Wildman–Crippen MR) is 50.1 cm³/mol. The molecular weight excluding hydrogens is 164 g/mol. The van der Waals surface area contributed by atoms with Crippen LogP contribution in [0.2, 0.25) is 0 Å². The second kappa shape index (κ2) is 3.87. The summed E-state index contributed by atoms with van der Waals surface area (Å²) in [5, 5.41) is 7.51. The van der Waals surface area contributed by atoms with E-state index in [2.05, 4.69) is 22.3 Å². The van der Waals surface area contributed by atoms with Crippen LogP contribution in [-0.4, -0.2) is 21.3 Å². The molecule has 1 N–H and O–H groups in total. The van der Waals surface area contributed by atoms with Crippen molar-refractivity contribution in [3.05, 3.63) is 12.2 Å². The van der Waals surface area contributed by atoms with E-state index in [1.54, 1.807) is 6.33 Å². The van der Waals surface area contributed by atoms with Crippen molar-refractivity contribution in [3.63, 3.8) is 0 Å². The summed E-state index contributed by atoms with van der Waals surface area (Å²) in [5.74, 6) is 1.97. The summed E-state index contributed by atoms with van der Waals surface area (Å²) in [6.07, 6.45) is 4.42. The van der Waals surface area contributed by atoms with Crippen LogP contribution in [0.15, 0.2) is 6.33 Å². The molecule has 4 heteroatoms. The van der Waals surface area contributed by atoms with Gasteiger partial charge >= 0.3 is 0 Å². The SMILES string of the molecule is CCn1ncnc1CNCC1CC1. The third-order valence-corrected chi connectivity index (χ3v) is 2.41. The van der Waals surface area contributed by atoms with Crippen molar-refractivity contribution in [2.24, 2.45) is 5.92 Å². The van der Waals surface area contributed by atoms with Crippen molar-refractivity contribution in [1.82, 2.24) is 20.1 Å². The van der Waals surface area contributed by atoms with Gasteiger partial charge < -0.3 is 5.32 Å².